The number of carbonyl (C=O) groups excluding carboxylic acids is 2. The molecule has 5 rings (SSSR count). The zero-order valence-electron chi connectivity index (χ0n) is 21.5. The van der Waals surface area contributed by atoms with Crippen molar-refractivity contribution in [3.63, 3.8) is 0 Å². The van der Waals surface area contributed by atoms with Crippen LogP contribution < -0.4 is 4.90 Å². The van der Waals surface area contributed by atoms with Crippen LogP contribution in [0.4, 0.5) is 15.0 Å². The largest absolute Gasteiger partial charge is 0.443 e. The molecule has 1 N–H and O–H groups in total. The first kappa shape index (κ1) is 25.4. The number of anilines is 1. The highest BCUT2D eigenvalue weighted by Crippen LogP contribution is 2.35. The number of β-amino-alcohol motifs (C(OH)–C–C–N with tert-alkyl or cyclic N) is 1. The van der Waals surface area contributed by atoms with Crippen LogP contribution >= 0.6 is 0 Å². The van der Waals surface area contributed by atoms with Gasteiger partial charge in [0.05, 0.1) is 52.0 Å². The summed E-state index contributed by atoms with van der Waals surface area (Å²) in [5.41, 5.74) is -0.798. The van der Waals surface area contributed by atoms with Gasteiger partial charge in [-0.1, -0.05) is 6.07 Å². The van der Waals surface area contributed by atoms with E-state index < -0.39 is 29.0 Å². The van der Waals surface area contributed by atoms with E-state index in [0.717, 1.165) is 4.90 Å². The lowest BCUT2D eigenvalue weighted by molar-refractivity contribution is 0.0247. The first-order valence-corrected chi connectivity index (χ1v) is 12.2. The summed E-state index contributed by atoms with van der Waals surface area (Å²) in [5, 5.41) is 24.6. The van der Waals surface area contributed by atoms with Gasteiger partial charge >= 0.3 is 6.09 Å². The maximum atomic E-state index is 15.0. The summed E-state index contributed by atoms with van der Waals surface area (Å²) in [6.45, 7) is 7.68. The molecule has 196 valence electrons. The normalized spacial score (nSPS) is 19.0. The van der Waals surface area contributed by atoms with Gasteiger partial charge in [-0.2, -0.15) is 10.4 Å². The van der Waals surface area contributed by atoms with Crippen LogP contribution in [0.1, 0.15) is 55.7 Å². The van der Waals surface area contributed by atoms with E-state index in [2.05, 4.69) is 10.1 Å². The van der Waals surface area contributed by atoms with Crippen LogP contribution in [0.3, 0.4) is 0 Å². The summed E-state index contributed by atoms with van der Waals surface area (Å²) < 4.78 is 21.8. The fraction of sp³-hybridized carbons (Fsp3) is 0.370. The number of nitrogens with zero attached hydrogens (tertiary/aromatic N) is 6. The lowest BCUT2D eigenvalue weighted by Crippen LogP contribution is -2.37. The van der Waals surface area contributed by atoms with E-state index in [9.17, 15) is 24.3 Å². The molecule has 10 nitrogen and oxygen atoms in total. The number of aliphatic hydroxyl groups is 1. The fourth-order valence-corrected chi connectivity index (χ4v) is 4.70. The Labute approximate surface area is 218 Å². The highest BCUT2D eigenvalue weighted by Gasteiger charge is 2.39. The monoisotopic (exact) mass is 518 g/mol. The van der Waals surface area contributed by atoms with Crippen molar-refractivity contribution in [3.05, 3.63) is 59.2 Å². The summed E-state index contributed by atoms with van der Waals surface area (Å²) in [6.07, 6.45) is 1.41. The smallest absolute Gasteiger partial charge is 0.417 e. The molecule has 0 radical (unpaired) electrons. The third-order valence-electron chi connectivity index (χ3n) is 6.44. The van der Waals surface area contributed by atoms with Crippen molar-refractivity contribution in [2.24, 2.45) is 0 Å². The van der Waals surface area contributed by atoms with Crippen LogP contribution in [-0.4, -0.2) is 61.1 Å². The van der Waals surface area contributed by atoms with Gasteiger partial charge in [0.2, 0.25) is 0 Å². The van der Waals surface area contributed by atoms with Gasteiger partial charge in [0.1, 0.15) is 11.4 Å². The lowest BCUT2D eigenvalue weighted by atomic mass is 10.0. The molecular formula is C27H27FN6O4. The molecule has 0 spiro atoms. The van der Waals surface area contributed by atoms with Crippen molar-refractivity contribution in [1.29, 1.82) is 5.26 Å². The van der Waals surface area contributed by atoms with E-state index in [1.807, 2.05) is 11.0 Å². The quantitative estimate of drug-likeness (QED) is 0.555. The minimum Gasteiger partial charge on any atom is -0.443 e. The molecule has 1 fully saturated rings. The van der Waals surface area contributed by atoms with Crippen LogP contribution in [0, 0.1) is 17.1 Å². The average Bonchev–Trinajstić information content (AvgIpc) is 3.54. The van der Waals surface area contributed by atoms with Crippen LogP contribution in [0.25, 0.3) is 16.9 Å². The second-order valence-corrected chi connectivity index (χ2v) is 10.8. The number of aromatic nitrogens is 3. The standard InChI is InChI=1S/C27H27FN6O4/c1-26(2,3)38-25(36)33-14-19-23(24(33)35)20(12-18(30-19)22-16(13-29)6-5-7-17(22)28)34-10-8-21(31-34)32-11-9-27(4,37)15-32/h5-8,10,12,37H,9,11,14-15H2,1-4H3/t27-/m0/s1. The first-order chi connectivity index (χ1) is 17.9. The first-order valence-electron chi connectivity index (χ1n) is 12.2. The lowest BCUT2D eigenvalue weighted by Gasteiger charge is -2.23. The molecule has 1 aromatic carbocycles. The van der Waals surface area contributed by atoms with Crippen molar-refractivity contribution in [3.8, 4) is 23.0 Å². The zero-order valence-corrected chi connectivity index (χ0v) is 21.5. The van der Waals surface area contributed by atoms with E-state index in [-0.39, 0.29) is 40.3 Å². The van der Waals surface area contributed by atoms with Crippen molar-refractivity contribution in [2.45, 2.75) is 51.9 Å². The van der Waals surface area contributed by atoms with Crippen LogP contribution in [0.5, 0.6) is 0 Å². The maximum absolute atomic E-state index is 15.0. The van der Waals surface area contributed by atoms with E-state index in [0.29, 0.717) is 25.3 Å². The van der Waals surface area contributed by atoms with Gasteiger partial charge in [-0.25, -0.2) is 23.8 Å². The third kappa shape index (κ3) is 4.59. The van der Waals surface area contributed by atoms with Crippen molar-refractivity contribution in [2.75, 3.05) is 18.0 Å². The summed E-state index contributed by atoms with van der Waals surface area (Å²) in [5.74, 6) is -0.664. The highest BCUT2D eigenvalue weighted by atomic mass is 19.1. The molecule has 11 heteroatoms. The summed E-state index contributed by atoms with van der Waals surface area (Å²) in [4.78, 5) is 33.7. The Morgan fingerprint density at radius 3 is 2.68 bits per heavy atom. The molecule has 38 heavy (non-hydrogen) atoms. The van der Waals surface area contributed by atoms with Crippen LogP contribution in [0.15, 0.2) is 36.5 Å². The number of hydrogen-bond acceptors (Lipinski definition) is 8. The summed E-state index contributed by atoms with van der Waals surface area (Å²) in [7, 11) is 0. The number of pyridine rings is 1. The number of benzene rings is 1. The summed E-state index contributed by atoms with van der Waals surface area (Å²) >= 11 is 0. The van der Waals surface area contributed by atoms with Crippen molar-refractivity contribution >= 4 is 17.8 Å². The molecule has 0 unspecified atom stereocenters. The number of carbonyl (C=O) groups is 2. The second-order valence-electron chi connectivity index (χ2n) is 10.8. The van der Waals surface area contributed by atoms with E-state index >= 15 is 0 Å². The molecular weight excluding hydrogens is 491 g/mol. The predicted octanol–water partition coefficient (Wildman–Crippen LogP) is 3.80. The van der Waals surface area contributed by atoms with Gasteiger partial charge in [-0.15, -0.1) is 0 Å². The van der Waals surface area contributed by atoms with Crippen LogP contribution in [-0.2, 0) is 11.3 Å². The summed E-state index contributed by atoms with van der Waals surface area (Å²) in [6, 6.07) is 9.38. The minimum absolute atomic E-state index is 0.00909. The predicted molar refractivity (Wildman–Crippen MR) is 135 cm³/mol. The maximum Gasteiger partial charge on any atom is 0.417 e. The number of rotatable bonds is 3. The number of fused-ring (bicyclic) bond motifs is 1. The Balaban J connectivity index is 1.63. The number of nitriles is 1. The van der Waals surface area contributed by atoms with E-state index in [1.54, 1.807) is 40.0 Å². The fourth-order valence-electron chi connectivity index (χ4n) is 4.70. The molecule has 0 aliphatic carbocycles. The minimum atomic E-state index is -0.836. The number of hydrogen-bond donors (Lipinski definition) is 1. The zero-order chi connectivity index (χ0) is 27.4. The molecule has 2 aliphatic rings. The highest BCUT2D eigenvalue weighted by molar-refractivity contribution is 6.08. The Hall–Kier alpha value is -4.30. The second kappa shape index (κ2) is 8.92. The van der Waals surface area contributed by atoms with Gasteiger partial charge in [-0.3, -0.25) is 4.79 Å². The molecule has 2 aromatic heterocycles. The molecule has 1 atom stereocenters. The molecule has 4 heterocycles. The number of amides is 2. The van der Waals surface area contributed by atoms with Crippen molar-refractivity contribution < 1.29 is 23.8 Å². The molecule has 1 saturated heterocycles. The van der Waals surface area contributed by atoms with Gasteiger partial charge in [0, 0.05) is 25.4 Å². The molecule has 2 aliphatic heterocycles. The van der Waals surface area contributed by atoms with Gasteiger partial charge in [-0.05, 0) is 52.3 Å². The Morgan fingerprint density at radius 1 is 1.26 bits per heavy atom. The number of imide groups is 1. The molecule has 3 aromatic rings. The van der Waals surface area contributed by atoms with Crippen molar-refractivity contribution in [1.82, 2.24) is 19.7 Å². The Morgan fingerprint density at radius 2 is 2.03 bits per heavy atom. The third-order valence-corrected chi connectivity index (χ3v) is 6.44. The van der Waals surface area contributed by atoms with Gasteiger partial charge in [0.15, 0.2) is 5.82 Å². The van der Waals surface area contributed by atoms with Gasteiger partial charge in [0.25, 0.3) is 5.91 Å². The average molecular weight is 519 g/mol. The molecule has 0 bridgehead atoms. The van der Waals surface area contributed by atoms with Crippen LogP contribution in [0.2, 0.25) is 0 Å². The SMILES string of the molecule is CC(C)(C)OC(=O)N1Cc2nc(-c3c(F)cccc3C#N)cc(-n3ccc(N4CC[C@](C)(O)C4)n3)c2C1=O. The molecule has 2 amide bonds. The Bertz CT molecular complexity index is 1500. The van der Waals surface area contributed by atoms with Gasteiger partial charge < -0.3 is 14.7 Å². The topological polar surface area (TPSA) is 125 Å². The number of halogens is 1. The molecule has 0 saturated carbocycles. The van der Waals surface area contributed by atoms with E-state index in [1.165, 1.54) is 28.9 Å². The van der Waals surface area contributed by atoms with E-state index in [4.69, 9.17) is 4.74 Å². The number of ether oxygens (including phenoxy) is 1. The Kier molecular flexibility index (Phi) is 5.95.